The van der Waals surface area contributed by atoms with Crippen molar-refractivity contribution in [1.82, 2.24) is 9.88 Å². The molecule has 1 aromatic rings. The second kappa shape index (κ2) is 5.95. The number of amides is 1. The number of nitrogens with zero attached hydrogens (tertiary/aromatic N) is 3. The highest BCUT2D eigenvalue weighted by molar-refractivity contribution is 7.80. The molecule has 1 aromatic heterocycles. The summed E-state index contributed by atoms with van der Waals surface area (Å²) in [4.78, 5) is 20.3. The maximum Gasteiger partial charge on any atom is 0.250 e. The third-order valence-electron chi connectivity index (χ3n) is 4.03. The third kappa shape index (κ3) is 3.30. The van der Waals surface area contributed by atoms with Crippen LogP contribution in [0.1, 0.15) is 24.2 Å². The van der Waals surface area contributed by atoms with Gasteiger partial charge in [0, 0.05) is 32.4 Å². The number of thiocarbonyl (C=S) groups is 1. The van der Waals surface area contributed by atoms with E-state index in [0.717, 1.165) is 32.0 Å². The summed E-state index contributed by atoms with van der Waals surface area (Å²) in [6.45, 7) is 7.51. The van der Waals surface area contributed by atoms with Crippen molar-refractivity contribution in [2.24, 2.45) is 11.5 Å². The van der Waals surface area contributed by atoms with E-state index < -0.39 is 5.91 Å². The molecule has 1 amide bonds. The quantitative estimate of drug-likeness (QED) is 0.781. The van der Waals surface area contributed by atoms with Crippen molar-refractivity contribution >= 4 is 28.9 Å². The van der Waals surface area contributed by atoms with E-state index in [1.807, 2.05) is 19.9 Å². The molecule has 0 atom stereocenters. The molecule has 0 saturated carbocycles. The fourth-order valence-electron chi connectivity index (χ4n) is 2.37. The lowest BCUT2D eigenvalue weighted by Crippen LogP contribution is -2.59. The highest BCUT2D eigenvalue weighted by Gasteiger charge is 2.32. The predicted octanol–water partition coefficient (Wildman–Crippen LogP) is 0.367. The molecule has 0 radical (unpaired) electrons. The molecule has 1 fully saturated rings. The first-order valence-corrected chi connectivity index (χ1v) is 7.29. The number of anilines is 1. The standard InChI is InChI=1S/C14H21N5OS/c1-14(2,13(16)21)19-7-5-18(6-8-19)11-4-3-10(9-17-11)12(15)20/h3-4,9H,5-8H2,1-2H3,(H2,15,20)(H2,16,21). The van der Waals surface area contributed by atoms with Crippen LogP contribution in [-0.4, -0.2) is 52.5 Å². The minimum Gasteiger partial charge on any atom is -0.392 e. The van der Waals surface area contributed by atoms with Gasteiger partial charge in [0.15, 0.2) is 0 Å². The summed E-state index contributed by atoms with van der Waals surface area (Å²) in [6, 6.07) is 3.53. The maximum absolute atomic E-state index is 11.0. The Morgan fingerprint density at radius 3 is 2.29 bits per heavy atom. The molecule has 0 bridgehead atoms. The molecule has 0 aliphatic carbocycles. The summed E-state index contributed by atoms with van der Waals surface area (Å²) >= 11 is 5.14. The maximum atomic E-state index is 11.0. The van der Waals surface area contributed by atoms with Gasteiger partial charge in [0.25, 0.3) is 0 Å². The first kappa shape index (κ1) is 15.7. The number of hydrogen-bond acceptors (Lipinski definition) is 5. The zero-order chi connectivity index (χ0) is 15.6. The molecule has 2 rings (SSSR count). The number of nitrogens with two attached hydrogens (primary N) is 2. The van der Waals surface area contributed by atoms with Crippen molar-refractivity contribution in [3.05, 3.63) is 23.9 Å². The van der Waals surface area contributed by atoms with Crippen molar-refractivity contribution in [3.63, 3.8) is 0 Å². The summed E-state index contributed by atoms with van der Waals surface area (Å²) in [7, 11) is 0. The number of rotatable bonds is 4. The molecular weight excluding hydrogens is 286 g/mol. The minimum absolute atomic E-state index is 0.273. The fraction of sp³-hybridized carbons (Fsp3) is 0.500. The number of primary amides is 1. The van der Waals surface area contributed by atoms with Gasteiger partial charge in [0.05, 0.1) is 16.1 Å². The molecule has 7 heteroatoms. The van der Waals surface area contributed by atoms with Crippen LogP contribution in [0.25, 0.3) is 0 Å². The molecule has 114 valence electrons. The molecule has 1 aliphatic heterocycles. The Kier molecular flexibility index (Phi) is 4.43. The van der Waals surface area contributed by atoms with Gasteiger partial charge in [0.2, 0.25) is 5.91 Å². The Hall–Kier alpha value is -1.73. The van der Waals surface area contributed by atoms with E-state index in [9.17, 15) is 4.79 Å². The Morgan fingerprint density at radius 2 is 1.86 bits per heavy atom. The van der Waals surface area contributed by atoms with Crippen LogP contribution < -0.4 is 16.4 Å². The first-order valence-electron chi connectivity index (χ1n) is 6.88. The largest absolute Gasteiger partial charge is 0.392 e. The number of hydrogen-bond donors (Lipinski definition) is 2. The lowest BCUT2D eigenvalue weighted by molar-refractivity contribution is 0.1000. The number of carbonyl (C=O) groups excluding carboxylic acids is 1. The summed E-state index contributed by atoms with van der Waals surface area (Å²) in [5, 5.41) is 0. The molecule has 0 unspecified atom stereocenters. The highest BCUT2D eigenvalue weighted by Crippen LogP contribution is 2.20. The molecule has 21 heavy (non-hydrogen) atoms. The lowest BCUT2D eigenvalue weighted by atomic mass is 10.0. The molecule has 0 aromatic carbocycles. The number of aromatic nitrogens is 1. The van der Waals surface area contributed by atoms with Crippen molar-refractivity contribution in [3.8, 4) is 0 Å². The van der Waals surface area contributed by atoms with Gasteiger partial charge in [-0.3, -0.25) is 9.69 Å². The minimum atomic E-state index is -0.461. The Labute approximate surface area is 130 Å². The van der Waals surface area contributed by atoms with Crippen LogP contribution in [0.3, 0.4) is 0 Å². The van der Waals surface area contributed by atoms with Crippen LogP contribution in [0.2, 0.25) is 0 Å². The second-order valence-electron chi connectivity index (χ2n) is 5.67. The van der Waals surface area contributed by atoms with Crippen molar-refractivity contribution in [2.75, 3.05) is 31.1 Å². The topological polar surface area (TPSA) is 88.5 Å². The molecule has 1 saturated heterocycles. The van der Waals surface area contributed by atoms with E-state index >= 15 is 0 Å². The van der Waals surface area contributed by atoms with E-state index in [2.05, 4.69) is 14.8 Å². The van der Waals surface area contributed by atoms with E-state index in [0.29, 0.717) is 10.6 Å². The Balaban J connectivity index is 2.01. The van der Waals surface area contributed by atoms with Crippen LogP contribution in [0.4, 0.5) is 5.82 Å². The van der Waals surface area contributed by atoms with Crippen LogP contribution in [-0.2, 0) is 0 Å². The van der Waals surface area contributed by atoms with Gasteiger partial charge in [-0.15, -0.1) is 0 Å². The third-order valence-corrected chi connectivity index (χ3v) is 4.53. The zero-order valence-electron chi connectivity index (χ0n) is 12.4. The summed E-state index contributed by atoms with van der Waals surface area (Å²) in [5.74, 6) is 0.393. The zero-order valence-corrected chi connectivity index (χ0v) is 13.2. The van der Waals surface area contributed by atoms with Gasteiger partial charge in [-0.25, -0.2) is 4.98 Å². The SMILES string of the molecule is CC(C)(C(N)=S)N1CCN(c2ccc(C(N)=O)cn2)CC1. The molecule has 4 N–H and O–H groups in total. The van der Waals surface area contributed by atoms with Gasteiger partial charge in [-0.05, 0) is 26.0 Å². The molecule has 6 nitrogen and oxygen atoms in total. The number of carbonyl (C=O) groups is 1. The Morgan fingerprint density at radius 1 is 1.24 bits per heavy atom. The van der Waals surface area contributed by atoms with Crippen molar-refractivity contribution in [2.45, 2.75) is 19.4 Å². The number of pyridine rings is 1. The summed E-state index contributed by atoms with van der Waals surface area (Å²) in [6.07, 6.45) is 1.52. The molecule has 2 heterocycles. The van der Waals surface area contributed by atoms with Crippen LogP contribution in [0.5, 0.6) is 0 Å². The van der Waals surface area contributed by atoms with Gasteiger partial charge in [-0.2, -0.15) is 0 Å². The summed E-state index contributed by atoms with van der Waals surface area (Å²) < 4.78 is 0. The Bertz CT molecular complexity index is 535. The van der Waals surface area contributed by atoms with Gasteiger partial charge in [0.1, 0.15) is 5.82 Å². The second-order valence-corrected chi connectivity index (χ2v) is 6.11. The first-order chi connectivity index (χ1) is 9.82. The van der Waals surface area contributed by atoms with Gasteiger partial charge >= 0.3 is 0 Å². The summed E-state index contributed by atoms with van der Waals surface area (Å²) in [5.41, 5.74) is 11.2. The van der Waals surface area contributed by atoms with Gasteiger partial charge < -0.3 is 16.4 Å². The van der Waals surface area contributed by atoms with E-state index in [1.165, 1.54) is 6.20 Å². The van der Waals surface area contributed by atoms with Crippen molar-refractivity contribution in [1.29, 1.82) is 0 Å². The van der Waals surface area contributed by atoms with Crippen LogP contribution in [0, 0.1) is 0 Å². The average molecular weight is 307 g/mol. The van der Waals surface area contributed by atoms with Gasteiger partial charge in [-0.1, -0.05) is 12.2 Å². The number of piperazine rings is 1. The van der Waals surface area contributed by atoms with Crippen LogP contribution >= 0.6 is 12.2 Å². The molecule has 0 spiro atoms. The van der Waals surface area contributed by atoms with Crippen molar-refractivity contribution < 1.29 is 4.79 Å². The van der Waals surface area contributed by atoms with E-state index in [4.69, 9.17) is 23.7 Å². The van der Waals surface area contributed by atoms with Crippen LogP contribution in [0.15, 0.2) is 18.3 Å². The van der Waals surface area contributed by atoms with E-state index in [-0.39, 0.29) is 5.54 Å². The lowest BCUT2D eigenvalue weighted by Gasteiger charge is -2.43. The fourth-order valence-corrected chi connectivity index (χ4v) is 2.50. The van der Waals surface area contributed by atoms with E-state index in [1.54, 1.807) is 6.07 Å². The molecular formula is C14H21N5OS. The molecule has 1 aliphatic rings. The predicted molar refractivity (Wildman–Crippen MR) is 87.4 cm³/mol. The normalized spacial score (nSPS) is 16.8. The smallest absolute Gasteiger partial charge is 0.250 e. The highest BCUT2D eigenvalue weighted by atomic mass is 32.1. The monoisotopic (exact) mass is 307 g/mol. The average Bonchev–Trinajstić information content (AvgIpc) is 2.47.